The average Bonchev–Trinajstić information content (AvgIpc) is 2.41. The molecule has 18 heavy (non-hydrogen) atoms. The minimum atomic E-state index is 0.391. The monoisotopic (exact) mass is 285 g/mol. The molecule has 0 amide bonds. The highest BCUT2D eigenvalue weighted by molar-refractivity contribution is 6.42. The van der Waals surface area contributed by atoms with Crippen molar-refractivity contribution >= 4 is 23.2 Å². The molecule has 3 heterocycles. The van der Waals surface area contributed by atoms with E-state index in [0.29, 0.717) is 22.8 Å². The van der Waals surface area contributed by atoms with Gasteiger partial charge in [-0.3, -0.25) is 0 Å². The maximum absolute atomic E-state index is 6.05. The minimum Gasteiger partial charge on any atom is -0.372 e. The summed E-state index contributed by atoms with van der Waals surface area (Å²) >= 11 is 11.9. The largest absolute Gasteiger partial charge is 0.372 e. The molecule has 2 bridgehead atoms. The summed E-state index contributed by atoms with van der Waals surface area (Å²) in [6.07, 6.45) is 2.96. The number of nitrogens with zero attached hydrogens (tertiary/aromatic N) is 1. The van der Waals surface area contributed by atoms with E-state index in [2.05, 4.69) is 4.90 Å². The van der Waals surface area contributed by atoms with Crippen LogP contribution in [0.25, 0.3) is 0 Å². The van der Waals surface area contributed by atoms with Gasteiger partial charge in [0.05, 0.1) is 22.8 Å². The maximum atomic E-state index is 6.05. The van der Waals surface area contributed by atoms with E-state index in [4.69, 9.17) is 27.9 Å². The molecule has 1 aromatic carbocycles. The van der Waals surface area contributed by atoms with Gasteiger partial charge in [0.2, 0.25) is 0 Å². The molecular weight excluding hydrogens is 269 g/mol. The zero-order chi connectivity index (χ0) is 12.5. The Morgan fingerprint density at radius 1 is 1.17 bits per heavy atom. The van der Waals surface area contributed by atoms with Gasteiger partial charge in [-0.05, 0) is 49.5 Å². The highest BCUT2D eigenvalue weighted by Crippen LogP contribution is 2.30. The lowest BCUT2D eigenvalue weighted by Gasteiger charge is -2.44. The molecule has 98 valence electrons. The molecule has 1 unspecified atom stereocenters. The van der Waals surface area contributed by atoms with Crippen LogP contribution in [0.3, 0.4) is 0 Å². The molecule has 0 N–H and O–H groups in total. The Bertz CT molecular complexity index is 430. The van der Waals surface area contributed by atoms with E-state index in [1.807, 2.05) is 18.2 Å². The van der Waals surface area contributed by atoms with Gasteiger partial charge in [0.25, 0.3) is 0 Å². The number of halogens is 2. The molecule has 1 aromatic rings. The van der Waals surface area contributed by atoms with E-state index >= 15 is 0 Å². The van der Waals surface area contributed by atoms with E-state index in [0.717, 1.165) is 18.0 Å². The summed E-state index contributed by atoms with van der Waals surface area (Å²) < 4.78 is 6.05. The van der Waals surface area contributed by atoms with Crippen LogP contribution in [0.2, 0.25) is 10.0 Å². The summed E-state index contributed by atoms with van der Waals surface area (Å²) in [6.45, 7) is 4.21. The lowest BCUT2D eigenvalue weighted by atomic mass is 9.86. The van der Waals surface area contributed by atoms with Gasteiger partial charge in [-0.25, -0.2) is 0 Å². The van der Waals surface area contributed by atoms with E-state index in [9.17, 15) is 0 Å². The second kappa shape index (κ2) is 5.38. The van der Waals surface area contributed by atoms with Crippen molar-refractivity contribution in [2.24, 2.45) is 5.92 Å². The van der Waals surface area contributed by atoms with Crippen LogP contribution < -0.4 is 0 Å². The minimum absolute atomic E-state index is 0.391. The fourth-order valence-corrected chi connectivity index (χ4v) is 3.25. The van der Waals surface area contributed by atoms with Gasteiger partial charge in [-0.15, -0.1) is 0 Å². The van der Waals surface area contributed by atoms with Crippen molar-refractivity contribution < 1.29 is 4.74 Å². The van der Waals surface area contributed by atoms with Gasteiger partial charge < -0.3 is 9.64 Å². The fraction of sp³-hybridized carbons (Fsp3) is 0.571. The summed E-state index contributed by atoms with van der Waals surface area (Å²) in [5, 5.41) is 1.20. The second-order valence-corrected chi connectivity index (χ2v) is 6.05. The predicted molar refractivity (Wildman–Crippen MR) is 74.2 cm³/mol. The number of hydrogen-bond donors (Lipinski definition) is 0. The first kappa shape index (κ1) is 12.7. The Morgan fingerprint density at radius 2 is 1.94 bits per heavy atom. The predicted octanol–water partition coefficient (Wildman–Crippen LogP) is 3.60. The van der Waals surface area contributed by atoms with Crippen LogP contribution in [-0.2, 0) is 11.3 Å². The first-order chi connectivity index (χ1) is 8.72. The van der Waals surface area contributed by atoms with E-state index in [1.54, 1.807) is 0 Å². The van der Waals surface area contributed by atoms with Gasteiger partial charge in [-0.1, -0.05) is 29.3 Å². The number of fused-ring (bicyclic) bond motifs is 3. The van der Waals surface area contributed by atoms with E-state index < -0.39 is 0 Å². The lowest BCUT2D eigenvalue weighted by Crippen LogP contribution is -2.51. The Kier molecular flexibility index (Phi) is 3.81. The smallest absolute Gasteiger partial charge is 0.0735 e. The normalized spacial score (nSPS) is 30.7. The van der Waals surface area contributed by atoms with Gasteiger partial charge in [0, 0.05) is 6.54 Å². The molecule has 3 aliphatic rings. The lowest BCUT2D eigenvalue weighted by molar-refractivity contribution is -0.0765. The molecule has 0 radical (unpaired) electrons. The average molecular weight is 286 g/mol. The van der Waals surface area contributed by atoms with Crippen molar-refractivity contribution in [1.29, 1.82) is 0 Å². The standard InChI is InChI=1S/C14H17Cl2NO/c15-12-2-1-10(7-13(12)16)9-18-14-8-17-5-3-11(14)4-6-17/h1-2,7,11,14H,3-6,8-9H2. The van der Waals surface area contributed by atoms with Crippen molar-refractivity contribution in [2.45, 2.75) is 25.6 Å². The highest BCUT2D eigenvalue weighted by Gasteiger charge is 2.34. The summed E-state index contributed by atoms with van der Waals surface area (Å²) in [7, 11) is 0. The fourth-order valence-electron chi connectivity index (χ4n) is 2.93. The molecule has 4 heteroatoms. The molecule has 0 aromatic heterocycles. The molecule has 1 atom stereocenters. The van der Waals surface area contributed by atoms with Crippen LogP contribution in [0, 0.1) is 5.92 Å². The van der Waals surface area contributed by atoms with Gasteiger partial charge >= 0.3 is 0 Å². The van der Waals surface area contributed by atoms with Crippen molar-refractivity contribution in [3.8, 4) is 0 Å². The summed E-state index contributed by atoms with van der Waals surface area (Å²) in [4.78, 5) is 2.50. The number of piperidine rings is 3. The number of ether oxygens (including phenoxy) is 1. The topological polar surface area (TPSA) is 12.5 Å². The number of benzene rings is 1. The Morgan fingerprint density at radius 3 is 2.56 bits per heavy atom. The quantitative estimate of drug-likeness (QED) is 0.841. The third-order valence-electron chi connectivity index (χ3n) is 4.04. The van der Waals surface area contributed by atoms with Gasteiger partial charge in [0.1, 0.15) is 0 Å². The third kappa shape index (κ3) is 2.67. The van der Waals surface area contributed by atoms with Gasteiger partial charge in [0.15, 0.2) is 0 Å². The van der Waals surface area contributed by atoms with Crippen LogP contribution >= 0.6 is 23.2 Å². The van der Waals surface area contributed by atoms with E-state index in [-0.39, 0.29) is 0 Å². The van der Waals surface area contributed by atoms with Crippen molar-refractivity contribution in [1.82, 2.24) is 4.90 Å². The molecule has 3 fully saturated rings. The maximum Gasteiger partial charge on any atom is 0.0735 e. The highest BCUT2D eigenvalue weighted by atomic mass is 35.5. The molecule has 3 saturated heterocycles. The first-order valence-electron chi connectivity index (χ1n) is 6.50. The molecule has 0 aliphatic carbocycles. The summed E-state index contributed by atoms with van der Waals surface area (Å²) in [5.41, 5.74) is 1.10. The Hall–Kier alpha value is -0.280. The zero-order valence-corrected chi connectivity index (χ0v) is 11.8. The first-order valence-corrected chi connectivity index (χ1v) is 7.26. The molecular formula is C14H17Cl2NO. The van der Waals surface area contributed by atoms with E-state index in [1.165, 1.54) is 25.9 Å². The van der Waals surface area contributed by atoms with Crippen LogP contribution in [-0.4, -0.2) is 30.6 Å². The number of rotatable bonds is 3. The van der Waals surface area contributed by atoms with Crippen LogP contribution in [0.1, 0.15) is 18.4 Å². The van der Waals surface area contributed by atoms with Crippen molar-refractivity contribution in [3.05, 3.63) is 33.8 Å². The molecule has 0 saturated carbocycles. The molecule has 4 rings (SSSR count). The second-order valence-electron chi connectivity index (χ2n) is 5.24. The van der Waals surface area contributed by atoms with Crippen LogP contribution in [0.15, 0.2) is 18.2 Å². The summed E-state index contributed by atoms with van der Waals surface area (Å²) in [5.74, 6) is 0.748. The molecule has 3 aliphatic heterocycles. The molecule has 2 nitrogen and oxygen atoms in total. The van der Waals surface area contributed by atoms with Crippen molar-refractivity contribution in [3.63, 3.8) is 0 Å². The molecule has 0 spiro atoms. The van der Waals surface area contributed by atoms with Crippen LogP contribution in [0.4, 0.5) is 0 Å². The SMILES string of the molecule is Clc1ccc(COC2CN3CCC2CC3)cc1Cl. The summed E-state index contributed by atoms with van der Waals surface area (Å²) in [6, 6.07) is 5.71. The Labute approximate surface area is 118 Å². The third-order valence-corrected chi connectivity index (χ3v) is 4.78. The van der Waals surface area contributed by atoms with Crippen LogP contribution in [0.5, 0.6) is 0 Å². The Balaban J connectivity index is 1.59. The van der Waals surface area contributed by atoms with Gasteiger partial charge in [-0.2, -0.15) is 0 Å². The number of hydrogen-bond acceptors (Lipinski definition) is 2. The zero-order valence-electron chi connectivity index (χ0n) is 10.2. The van der Waals surface area contributed by atoms with Crippen molar-refractivity contribution in [2.75, 3.05) is 19.6 Å².